The van der Waals surface area contributed by atoms with Gasteiger partial charge in [-0.05, 0) is 117 Å². The van der Waals surface area contributed by atoms with E-state index in [9.17, 15) is 20.4 Å². The van der Waals surface area contributed by atoms with Crippen molar-refractivity contribution in [1.82, 2.24) is 0 Å². The Morgan fingerprint density at radius 2 is 0.667 bits per heavy atom. The highest BCUT2D eigenvalue weighted by atomic mass is 16.3. The molecule has 4 N–H and O–H groups in total. The smallest absolute Gasteiger partial charge is 0.119 e. The number of benzene rings is 4. The van der Waals surface area contributed by atoms with Crippen molar-refractivity contribution in [1.29, 1.82) is 0 Å². The molecule has 57 heavy (non-hydrogen) atoms. The summed E-state index contributed by atoms with van der Waals surface area (Å²) in [5.41, 5.74) is 8.30. The Kier molecular flexibility index (Phi) is 15.1. The average molecular weight is 777 g/mol. The fraction of sp³-hybridized carbons (Fsp3) is 0.547. The zero-order chi connectivity index (χ0) is 42.3. The highest BCUT2D eigenvalue weighted by molar-refractivity contribution is 5.51. The quantitative estimate of drug-likeness (QED) is 0.157. The van der Waals surface area contributed by atoms with Crippen molar-refractivity contribution >= 4 is 0 Å². The molecule has 0 bridgehead atoms. The number of aromatic hydroxyl groups is 4. The van der Waals surface area contributed by atoms with Crippen LogP contribution in [0, 0.1) is 0 Å². The molecule has 0 atom stereocenters. The topological polar surface area (TPSA) is 80.9 Å². The summed E-state index contributed by atoms with van der Waals surface area (Å²) in [6.07, 6.45) is 13.7. The van der Waals surface area contributed by atoms with Gasteiger partial charge in [0.05, 0.1) is 0 Å². The molecule has 0 radical (unpaired) electrons. The highest BCUT2D eigenvalue weighted by Crippen LogP contribution is 2.44. The standard InChI is InChI=1S/C27H36O2.C23H32O2.C3H8/c1-27(2,21-13-15-25(28)23(17-21)19-9-5-3-6-10-19)22-14-16-26(29)24(18-22)20-11-7-4-8-12-20;1-21(2,3)17-13-15(9-11-19(17)24)23(7,8)16-10-12-20(25)18(14-16)22(4,5)6;1-3-2/h13-20,28-29H,3-12H2,1-2H3;9-14,24-25H,1-8H3;3H2,1-2H3. The van der Waals surface area contributed by atoms with Crippen LogP contribution in [0.4, 0.5) is 0 Å². The highest BCUT2D eigenvalue weighted by Gasteiger charge is 2.30. The molecule has 0 amide bonds. The maximum atomic E-state index is 10.5. The first kappa shape index (κ1) is 45.8. The molecule has 0 saturated heterocycles. The van der Waals surface area contributed by atoms with Crippen molar-refractivity contribution in [2.75, 3.05) is 0 Å². The predicted octanol–water partition coefficient (Wildman–Crippen LogP) is 15.0. The minimum absolute atomic E-state index is 0.123. The van der Waals surface area contributed by atoms with Crippen LogP contribution in [0.15, 0.2) is 72.8 Å². The molecule has 4 nitrogen and oxygen atoms in total. The Morgan fingerprint density at radius 1 is 0.404 bits per heavy atom. The van der Waals surface area contributed by atoms with Gasteiger partial charge in [-0.15, -0.1) is 0 Å². The number of phenols is 4. The molecular formula is C53H76O4. The third-order valence-electron chi connectivity index (χ3n) is 12.6. The van der Waals surface area contributed by atoms with Gasteiger partial charge in [0.2, 0.25) is 0 Å². The average Bonchev–Trinajstić information content (AvgIpc) is 3.15. The van der Waals surface area contributed by atoms with Crippen LogP contribution in [0.5, 0.6) is 23.0 Å². The van der Waals surface area contributed by atoms with Crippen LogP contribution in [0.1, 0.15) is 210 Å². The Balaban J connectivity index is 0.000000239. The van der Waals surface area contributed by atoms with Crippen LogP contribution < -0.4 is 0 Å². The van der Waals surface area contributed by atoms with E-state index in [2.05, 4.69) is 119 Å². The molecule has 2 fully saturated rings. The second-order valence-corrected chi connectivity index (χ2v) is 20.1. The van der Waals surface area contributed by atoms with Gasteiger partial charge in [-0.2, -0.15) is 0 Å². The molecule has 4 heteroatoms. The first-order valence-corrected chi connectivity index (χ1v) is 22.0. The van der Waals surface area contributed by atoms with Crippen molar-refractivity contribution in [2.45, 2.75) is 187 Å². The van der Waals surface area contributed by atoms with E-state index in [1.807, 2.05) is 24.3 Å². The van der Waals surface area contributed by atoms with E-state index in [0.29, 0.717) is 34.8 Å². The lowest BCUT2D eigenvalue weighted by molar-refractivity contribution is 0.412. The molecule has 2 aliphatic carbocycles. The Morgan fingerprint density at radius 3 is 0.947 bits per heavy atom. The van der Waals surface area contributed by atoms with Gasteiger partial charge in [0.15, 0.2) is 0 Å². The second kappa shape index (κ2) is 18.8. The lowest BCUT2D eigenvalue weighted by atomic mass is 9.73. The molecule has 0 aromatic heterocycles. The van der Waals surface area contributed by atoms with E-state index in [0.717, 1.165) is 33.4 Å². The molecular weight excluding hydrogens is 701 g/mol. The normalized spacial score (nSPS) is 15.9. The zero-order valence-corrected chi connectivity index (χ0v) is 37.6. The number of hydrogen-bond donors (Lipinski definition) is 4. The number of hydrogen-bond acceptors (Lipinski definition) is 4. The molecule has 0 heterocycles. The first-order valence-electron chi connectivity index (χ1n) is 22.0. The van der Waals surface area contributed by atoms with Crippen LogP contribution in [0.3, 0.4) is 0 Å². The van der Waals surface area contributed by atoms with Gasteiger partial charge in [0, 0.05) is 10.8 Å². The molecule has 0 spiro atoms. The summed E-state index contributed by atoms with van der Waals surface area (Å²) in [6.45, 7) is 25.8. The van der Waals surface area contributed by atoms with Crippen LogP contribution in [-0.4, -0.2) is 20.4 Å². The van der Waals surface area contributed by atoms with Crippen molar-refractivity contribution in [3.8, 4) is 23.0 Å². The van der Waals surface area contributed by atoms with Gasteiger partial charge in [-0.3, -0.25) is 0 Å². The molecule has 2 aliphatic rings. The van der Waals surface area contributed by atoms with Crippen molar-refractivity contribution < 1.29 is 20.4 Å². The predicted molar refractivity (Wildman–Crippen MR) is 242 cm³/mol. The maximum absolute atomic E-state index is 10.5. The molecule has 312 valence electrons. The summed E-state index contributed by atoms with van der Waals surface area (Å²) < 4.78 is 0. The molecule has 6 rings (SSSR count). The molecule has 0 aliphatic heterocycles. The van der Waals surface area contributed by atoms with Crippen LogP contribution in [0.2, 0.25) is 0 Å². The molecule has 4 aromatic carbocycles. The SMILES string of the molecule is CC(C)(C)c1cc(C(C)(C)c2ccc(O)c(C(C)(C)C)c2)ccc1O.CC(C)(c1ccc(O)c(C2CCCCC2)c1)c1ccc(O)c(C2CCCCC2)c1.CCC. The Bertz CT molecular complexity index is 1770. The van der Waals surface area contributed by atoms with E-state index >= 15 is 0 Å². The first-order chi connectivity index (χ1) is 26.6. The third kappa shape index (κ3) is 11.2. The van der Waals surface area contributed by atoms with Crippen LogP contribution in [0.25, 0.3) is 0 Å². The summed E-state index contributed by atoms with van der Waals surface area (Å²) >= 11 is 0. The lowest BCUT2D eigenvalue weighted by Gasteiger charge is -2.31. The fourth-order valence-electron chi connectivity index (χ4n) is 8.75. The van der Waals surface area contributed by atoms with Gasteiger partial charge >= 0.3 is 0 Å². The summed E-state index contributed by atoms with van der Waals surface area (Å²) in [6, 6.07) is 24.2. The van der Waals surface area contributed by atoms with Crippen molar-refractivity contribution in [2.24, 2.45) is 0 Å². The summed E-state index contributed by atoms with van der Waals surface area (Å²) in [5.74, 6) is 2.55. The van der Waals surface area contributed by atoms with E-state index in [1.54, 1.807) is 12.1 Å². The minimum atomic E-state index is -0.235. The van der Waals surface area contributed by atoms with Gasteiger partial charge in [-0.1, -0.05) is 177 Å². The Labute approximate surface area is 346 Å². The van der Waals surface area contributed by atoms with Gasteiger partial charge in [0.1, 0.15) is 23.0 Å². The van der Waals surface area contributed by atoms with Gasteiger partial charge < -0.3 is 20.4 Å². The Hall–Kier alpha value is -3.92. The number of rotatable bonds is 6. The van der Waals surface area contributed by atoms with Crippen molar-refractivity contribution in [3.05, 3.63) is 117 Å². The zero-order valence-electron chi connectivity index (χ0n) is 37.6. The molecule has 0 unspecified atom stereocenters. The second-order valence-electron chi connectivity index (χ2n) is 20.1. The summed E-state index contributed by atoms with van der Waals surface area (Å²) in [7, 11) is 0. The summed E-state index contributed by atoms with van der Waals surface area (Å²) in [4.78, 5) is 0. The maximum Gasteiger partial charge on any atom is 0.119 e. The minimum Gasteiger partial charge on any atom is -0.508 e. The van der Waals surface area contributed by atoms with Crippen LogP contribution in [-0.2, 0) is 21.7 Å². The monoisotopic (exact) mass is 777 g/mol. The lowest BCUT2D eigenvalue weighted by Crippen LogP contribution is -2.22. The van der Waals surface area contributed by atoms with E-state index in [4.69, 9.17) is 0 Å². The van der Waals surface area contributed by atoms with Gasteiger partial charge in [-0.25, -0.2) is 0 Å². The molecule has 4 aromatic rings. The van der Waals surface area contributed by atoms with E-state index < -0.39 is 0 Å². The summed E-state index contributed by atoms with van der Waals surface area (Å²) in [5, 5.41) is 41.6. The fourth-order valence-corrected chi connectivity index (χ4v) is 8.75. The van der Waals surface area contributed by atoms with Crippen LogP contribution >= 0.6 is 0 Å². The van der Waals surface area contributed by atoms with Gasteiger partial charge in [0.25, 0.3) is 0 Å². The van der Waals surface area contributed by atoms with Crippen molar-refractivity contribution in [3.63, 3.8) is 0 Å². The number of phenolic OH excluding ortho intramolecular Hbond substituents is 4. The van der Waals surface area contributed by atoms with E-state index in [-0.39, 0.29) is 21.7 Å². The van der Waals surface area contributed by atoms with E-state index in [1.165, 1.54) is 81.8 Å². The largest absolute Gasteiger partial charge is 0.508 e. The molecule has 2 saturated carbocycles. The third-order valence-corrected chi connectivity index (χ3v) is 12.6.